The summed E-state index contributed by atoms with van der Waals surface area (Å²) in [6, 6.07) is 0. The van der Waals surface area contributed by atoms with Gasteiger partial charge in [-0.15, -0.1) is 0 Å². The van der Waals surface area contributed by atoms with Gasteiger partial charge in [0, 0.05) is 0 Å². The quantitative estimate of drug-likeness (QED) is 0.363. The molecule has 1 N–H and O–H groups in total. The molecule has 0 aromatic carbocycles. The van der Waals surface area contributed by atoms with Gasteiger partial charge in [0.25, 0.3) is 0 Å². The monoisotopic (exact) mass is 89.0 g/mol. The van der Waals surface area contributed by atoms with Gasteiger partial charge in [-0.1, -0.05) is 0 Å². The highest BCUT2D eigenvalue weighted by atomic mass is 32.1. The Morgan fingerprint density at radius 1 is 2.00 bits per heavy atom. The lowest BCUT2D eigenvalue weighted by Gasteiger charge is -1.62. The topological polar surface area (TPSA) is 32.6 Å². The Hall–Kier alpha value is -0.240. The Morgan fingerprint density at radius 2 is 2.60 bits per heavy atom. The van der Waals surface area contributed by atoms with Crippen LogP contribution in [0.25, 0.3) is 0 Å². The number of hydrogen-bond acceptors (Lipinski definition) is 3. The molecule has 0 saturated heterocycles. The Bertz CT molecular complexity index is 56.7. The third kappa shape index (κ3) is 3.76. The zero-order valence-corrected chi connectivity index (χ0v) is 3.33. The Balaban J connectivity index is 2.93. The zero-order chi connectivity index (χ0) is 4.12. The highest BCUT2D eigenvalue weighted by Crippen LogP contribution is 1.49. The smallest absolute Gasteiger partial charge is 0.144 e. The number of rotatable bonds is 1. The van der Waals surface area contributed by atoms with Crippen molar-refractivity contribution in [3.8, 4) is 0 Å². The van der Waals surface area contributed by atoms with Gasteiger partial charge in [0.05, 0.1) is 5.16 Å². The summed E-state index contributed by atoms with van der Waals surface area (Å²) in [5.74, 6) is 0. The maximum atomic E-state index is 7.77. The number of aliphatic hydroxyl groups is 1. The van der Waals surface area contributed by atoms with Crippen LogP contribution >= 0.6 is 12.2 Å². The summed E-state index contributed by atoms with van der Waals surface area (Å²) < 4.78 is 0. The van der Waals surface area contributed by atoms with E-state index in [1.54, 1.807) is 0 Å². The van der Waals surface area contributed by atoms with E-state index in [1.807, 2.05) is 5.16 Å². The highest BCUT2D eigenvalue weighted by Gasteiger charge is 1.49. The summed E-state index contributed by atoms with van der Waals surface area (Å²) in [5, 5.41) is 9.75. The van der Waals surface area contributed by atoms with E-state index in [9.17, 15) is 0 Å². The van der Waals surface area contributed by atoms with Crippen LogP contribution in [0.1, 0.15) is 0 Å². The van der Waals surface area contributed by atoms with Crippen LogP contribution in [0.5, 0.6) is 0 Å². The van der Waals surface area contributed by atoms with E-state index in [1.165, 1.54) is 0 Å². The van der Waals surface area contributed by atoms with Gasteiger partial charge in [-0.3, -0.25) is 0 Å². The average molecular weight is 89.1 g/mol. The van der Waals surface area contributed by atoms with Crippen molar-refractivity contribution >= 4 is 17.4 Å². The molecule has 5 heavy (non-hydrogen) atoms. The van der Waals surface area contributed by atoms with Crippen LogP contribution in [-0.4, -0.2) is 17.0 Å². The molecule has 0 aliphatic carbocycles. The van der Waals surface area contributed by atoms with Crippen molar-refractivity contribution in [1.29, 1.82) is 0 Å². The molecule has 0 saturated carbocycles. The predicted molar refractivity (Wildman–Crippen MR) is 22.1 cm³/mol. The minimum Gasteiger partial charge on any atom is -0.374 e. The van der Waals surface area contributed by atoms with Gasteiger partial charge in [-0.2, -0.15) is 0 Å². The van der Waals surface area contributed by atoms with Crippen molar-refractivity contribution in [2.24, 2.45) is 4.99 Å². The van der Waals surface area contributed by atoms with Crippen LogP contribution in [-0.2, 0) is 0 Å². The van der Waals surface area contributed by atoms with Crippen molar-refractivity contribution in [3.63, 3.8) is 0 Å². The van der Waals surface area contributed by atoms with Crippen molar-refractivity contribution in [2.75, 3.05) is 6.73 Å². The molecule has 0 unspecified atom stereocenters. The van der Waals surface area contributed by atoms with E-state index in [2.05, 4.69) is 17.2 Å². The molecule has 0 aliphatic rings. The predicted octanol–water partition coefficient (Wildman–Crippen LogP) is 0.0390. The first-order chi connectivity index (χ1) is 2.41. The van der Waals surface area contributed by atoms with Gasteiger partial charge >= 0.3 is 0 Å². The second-order valence-electron chi connectivity index (χ2n) is 0.391. The summed E-state index contributed by atoms with van der Waals surface area (Å²) in [5.41, 5.74) is 0. The summed E-state index contributed by atoms with van der Waals surface area (Å²) in [6.07, 6.45) is 0. The summed E-state index contributed by atoms with van der Waals surface area (Å²) in [6.45, 7) is -0.247. The largest absolute Gasteiger partial charge is 0.374 e. The van der Waals surface area contributed by atoms with Gasteiger partial charge in [0.2, 0.25) is 0 Å². The molecule has 28 valence electrons. The van der Waals surface area contributed by atoms with E-state index in [4.69, 9.17) is 5.11 Å². The van der Waals surface area contributed by atoms with Crippen molar-refractivity contribution in [2.45, 2.75) is 0 Å². The van der Waals surface area contributed by atoms with E-state index < -0.39 is 0 Å². The molecule has 0 atom stereocenters. The van der Waals surface area contributed by atoms with Gasteiger partial charge in [-0.25, -0.2) is 4.99 Å². The number of aliphatic hydroxyl groups excluding tert-OH is 1. The number of nitrogens with zero attached hydrogens (tertiary/aromatic N) is 1. The van der Waals surface area contributed by atoms with Gasteiger partial charge in [-0.05, 0) is 12.2 Å². The van der Waals surface area contributed by atoms with Gasteiger partial charge in [0.15, 0.2) is 0 Å². The van der Waals surface area contributed by atoms with Crippen LogP contribution in [0.4, 0.5) is 0 Å². The molecule has 0 amide bonds. The first-order valence-corrected chi connectivity index (χ1v) is 1.47. The second kappa shape index (κ2) is 3.76. The van der Waals surface area contributed by atoms with Crippen molar-refractivity contribution < 1.29 is 5.11 Å². The van der Waals surface area contributed by atoms with E-state index in [-0.39, 0.29) is 6.73 Å². The normalized spacial score (nSPS) is 5.80. The maximum absolute atomic E-state index is 7.77. The zero-order valence-electron chi connectivity index (χ0n) is 2.51. The molecule has 3 heteroatoms. The highest BCUT2D eigenvalue weighted by molar-refractivity contribution is 7.78. The number of aliphatic imine (C=N–C) groups is 1. The molecule has 2 nitrogen and oxygen atoms in total. The van der Waals surface area contributed by atoms with Gasteiger partial charge in [0.1, 0.15) is 6.73 Å². The number of thiocarbonyl (C=S) groups is 1. The molecule has 0 rings (SSSR count). The van der Waals surface area contributed by atoms with Crippen LogP contribution in [0, 0.1) is 0 Å². The molecular formula is C2H3NOS. The fourth-order valence-corrected chi connectivity index (χ4v) is 0.0866. The lowest BCUT2D eigenvalue weighted by atomic mass is 11.3. The molecular weight excluding hydrogens is 86.1 g/mol. The Labute approximate surface area is 35.2 Å². The molecule has 0 heterocycles. The first kappa shape index (κ1) is 4.76. The Kier molecular flexibility index (Phi) is 3.58. The third-order valence-electron chi connectivity index (χ3n) is 0.135. The molecule has 0 aromatic heterocycles. The average Bonchev–Trinajstić information content (AvgIpc) is 1.41. The van der Waals surface area contributed by atoms with Crippen molar-refractivity contribution in [3.05, 3.63) is 0 Å². The Morgan fingerprint density at radius 3 is 2.60 bits per heavy atom. The van der Waals surface area contributed by atoms with E-state index in [0.717, 1.165) is 0 Å². The lowest BCUT2D eigenvalue weighted by Crippen LogP contribution is -1.65. The lowest BCUT2D eigenvalue weighted by molar-refractivity contribution is 0.310. The SMILES string of the molecule is OCN=C=S. The van der Waals surface area contributed by atoms with E-state index in [0.29, 0.717) is 0 Å². The minimum absolute atomic E-state index is 0.247. The molecule has 0 radical (unpaired) electrons. The van der Waals surface area contributed by atoms with Crippen LogP contribution < -0.4 is 0 Å². The third-order valence-corrected chi connectivity index (χ3v) is 0.264. The molecule has 0 fully saturated rings. The number of isothiocyanates is 1. The number of hydrogen-bond donors (Lipinski definition) is 1. The first-order valence-electron chi connectivity index (χ1n) is 1.06. The molecule has 0 bridgehead atoms. The molecule has 0 aliphatic heterocycles. The van der Waals surface area contributed by atoms with Crippen LogP contribution in [0.15, 0.2) is 4.99 Å². The fourth-order valence-electron chi connectivity index (χ4n) is 0.0289. The van der Waals surface area contributed by atoms with Crippen molar-refractivity contribution in [1.82, 2.24) is 0 Å². The summed E-state index contributed by atoms with van der Waals surface area (Å²) in [4.78, 5) is 3.09. The van der Waals surface area contributed by atoms with Crippen LogP contribution in [0.2, 0.25) is 0 Å². The summed E-state index contributed by atoms with van der Waals surface area (Å²) in [7, 11) is 0. The standard InChI is InChI=1S/C2H3NOS/c4-1-3-2-5/h4H,1H2. The second-order valence-corrected chi connectivity index (χ2v) is 0.573. The molecule has 0 aromatic rings. The van der Waals surface area contributed by atoms with Gasteiger partial charge < -0.3 is 5.11 Å². The minimum atomic E-state index is -0.247. The maximum Gasteiger partial charge on any atom is 0.144 e. The molecule has 0 spiro atoms. The fraction of sp³-hybridized carbons (Fsp3) is 0.500. The van der Waals surface area contributed by atoms with Crippen LogP contribution in [0.3, 0.4) is 0 Å². The summed E-state index contributed by atoms with van der Waals surface area (Å²) >= 11 is 4.07. The van der Waals surface area contributed by atoms with E-state index >= 15 is 0 Å².